The number of carbonyl (C=O) groups is 1. The van der Waals surface area contributed by atoms with Gasteiger partial charge in [0.15, 0.2) is 5.65 Å². The van der Waals surface area contributed by atoms with Crippen LogP contribution >= 0.6 is 23.1 Å². The standard InChI is InChI=1S/C23H20N6OS2/c24-11-17-16-9-5-2-6-10-19(16)32-23(17)28-20(30)13-31-22-18-12-27-29(21(18)25-14-26-22)15-7-3-1-4-8-15/h1,3-4,7-8,12,14H,2,5-6,9-10,13H2,(H,28,30). The molecule has 7 nitrogen and oxygen atoms in total. The summed E-state index contributed by atoms with van der Waals surface area (Å²) in [6.45, 7) is 0. The second-order valence-electron chi connectivity index (χ2n) is 7.53. The van der Waals surface area contributed by atoms with Gasteiger partial charge in [-0.1, -0.05) is 36.4 Å². The Labute approximate surface area is 193 Å². The first-order valence-electron chi connectivity index (χ1n) is 10.5. The fourth-order valence-electron chi connectivity index (χ4n) is 3.94. The number of rotatable bonds is 5. The van der Waals surface area contributed by atoms with Crippen molar-refractivity contribution in [2.75, 3.05) is 11.1 Å². The number of benzene rings is 1. The second kappa shape index (κ2) is 9.10. The van der Waals surface area contributed by atoms with Crippen molar-refractivity contribution in [2.45, 2.75) is 37.1 Å². The van der Waals surface area contributed by atoms with Crippen molar-refractivity contribution in [3.8, 4) is 11.8 Å². The summed E-state index contributed by atoms with van der Waals surface area (Å²) in [6, 6.07) is 12.1. The summed E-state index contributed by atoms with van der Waals surface area (Å²) in [5, 5.41) is 19.3. The van der Waals surface area contributed by atoms with Gasteiger partial charge in [-0.3, -0.25) is 4.79 Å². The summed E-state index contributed by atoms with van der Waals surface area (Å²) < 4.78 is 1.76. The van der Waals surface area contributed by atoms with Crippen molar-refractivity contribution < 1.29 is 4.79 Å². The highest BCUT2D eigenvalue weighted by atomic mass is 32.2. The number of para-hydroxylation sites is 1. The van der Waals surface area contributed by atoms with Gasteiger partial charge in [-0.2, -0.15) is 10.4 Å². The van der Waals surface area contributed by atoms with E-state index in [2.05, 4.69) is 26.5 Å². The third kappa shape index (κ3) is 3.99. The number of aryl methyl sites for hydroxylation is 1. The Kier molecular flexibility index (Phi) is 5.88. The van der Waals surface area contributed by atoms with Crippen LogP contribution in [0.4, 0.5) is 5.00 Å². The SMILES string of the molecule is N#Cc1c(NC(=O)CSc2ncnc3c2cnn3-c2ccccc2)sc2c1CCCCC2. The number of thiophene rings is 1. The normalized spacial score (nSPS) is 13.3. The van der Waals surface area contributed by atoms with Crippen LogP contribution in [0.5, 0.6) is 0 Å². The topological polar surface area (TPSA) is 96.5 Å². The van der Waals surface area contributed by atoms with Gasteiger partial charge in [0.1, 0.15) is 22.4 Å². The van der Waals surface area contributed by atoms with Gasteiger partial charge in [0, 0.05) is 4.88 Å². The third-order valence-corrected chi connectivity index (χ3v) is 7.67. The highest BCUT2D eigenvalue weighted by Crippen LogP contribution is 2.37. The summed E-state index contributed by atoms with van der Waals surface area (Å²) in [4.78, 5) is 22.7. The minimum absolute atomic E-state index is 0.148. The van der Waals surface area contributed by atoms with E-state index in [1.54, 1.807) is 22.2 Å². The number of nitrogens with zero attached hydrogens (tertiary/aromatic N) is 5. The van der Waals surface area contributed by atoms with Gasteiger partial charge in [-0.25, -0.2) is 14.6 Å². The summed E-state index contributed by atoms with van der Waals surface area (Å²) >= 11 is 2.89. The number of amides is 1. The van der Waals surface area contributed by atoms with Crippen LogP contribution in [0.1, 0.15) is 35.3 Å². The Balaban J connectivity index is 1.32. The average molecular weight is 461 g/mol. The van der Waals surface area contributed by atoms with Crippen molar-refractivity contribution in [1.82, 2.24) is 19.7 Å². The Morgan fingerprint density at radius 3 is 2.88 bits per heavy atom. The molecule has 1 N–H and O–H groups in total. The van der Waals surface area contributed by atoms with Crippen LogP contribution in [0, 0.1) is 11.3 Å². The van der Waals surface area contributed by atoms with Crippen LogP contribution in [0.25, 0.3) is 16.7 Å². The van der Waals surface area contributed by atoms with Gasteiger partial charge in [-0.05, 0) is 43.4 Å². The first kappa shape index (κ1) is 20.7. The van der Waals surface area contributed by atoms with Crippen LogP contribution in [0.2, 0.25) is 0 Å². The zero-order chi connectivity index (χ0) is 21.9. The van der Waals surface area contributed by atoms with Crippen molar-refractivity contribution >= 4 is 45.0 Å². The molecular formula is C23H20N6OS2. The zero-order valence-electron chi connectivity index (χ0n) is 17.2. The first-order valence-corrected chi connectivity index (χ1v) is 12.3. The largest absolute Gasteiger partial charge is 0.316 e. The molecule has 1 amide bonds. The Hall–Kier alpha value is -3.22. The number of hydrogen-bond acceptors (Lipinski definition) is 7. The molecule has 0 spiro atoms. The van der Waals surface area contributed by atoms with E-state index < -0.39 is 0 Å². The van der Waals surface area contributed by atoms with E-state index in [4.69, 9.17) is 0 Å². The zero-order valence-corrected chi connectivity index (χ0v) is 18.9. The Morgan fingerprint density at radius 2 is 2.03 bits per heavy atom. The molecule has 1 aliphatic carbocycles. The Bertz CT molecular complexity index is 1320. The average Bonchev–Trinajstić information content (AvgIpc) is 3.32. The number of anilines is 1. The molecule has 3 heterocycles. The smallest absolute Gasteiger partial charge is 0.235 e. The van der Waals surface area contributed by atoms with E-state index >= 15 is 0 Å². The van der Waals surface area contributed by atoms with Crippen molar-refractivity contribution in [2.24, 2.45) is 0 Å². The summed E-state index contributed by atoms with van der Waals surface area (Å²) in [5.41, 5.74) is 3.38. The molecule has 5 rings (SSSR count). The van der Waals surface area contributed by atoms with E-state index in [1.165, 1.54) is 29.4 Å². The lowest BCUT2D eigenvalue weighted by Gasteiger charge is -2.05. The van der Waals surface area contributed by atoms with E-state index in [-0.39, 0.29) is 11.7 Å². The quantitative estimate of drug-likeness (QED) is 0.262. The maximum atomic E-state index is 12.7. The number of carbonyl (C=O) groups excluding carboxylic acids is 1. The van der Waals surface area contributed by atoms with Crippen LogP contribution in [0.3, 0.4) is 0 Å². The van der Waals surface area contributed by atoms with Gasteiger partial charge >= 0.3 is 0 Å². The second-order valence-corrected chi connectivity index (χ2v) is 9.59. The molecule has 0 radical (unpaired) electrons. The molecule has 0 saturated carbocycles. The first-order chi connectivity index (χ1) is 15.7. The maximum Gasteiger partial charge on any atom is 0.235 e. The maximum absolute atomic E-state index is 12.7. The monoisotopic (exact) mass is 460 g/mol. The molecule has 32 heavy (non-hydrogen) atoms. The third-order valence-electron chi connectivity index (χ3n) is 5.46. The summed E-state index contributed by atoms with van der Waals surface area (Å²) in [7, 11) is 0. The van der Waals surface area contributed by atoms with E-state index in [9.17, 15) is 10.1 Å². The molecule has 0 fully saturated rings. The molecule has 0 aliphatic heterocycles. The molecule has 4 aromatic rings. The minimum atomic E-state index is -0.148. The van der Waals surface area contributed by atoms with Gasteiger partial charge in [0.25, 0.3) is 0 Å². The van der Waals surface area contributed by atoms with E-state index in [1.807, 2.05) is 30.3 Å². The molecule has 0 saturated heterocycles. The highest BCUT2D eigenvalue weighted by Gasteiger charge is 2.21. The van der Waals surface area contributed by atoms with Crippen LogP contribution in [-0.4, -0.2) is 31.4 Å². The lowest BCUT2D eigenvalue weighted by atomic mass is 10.1. The van der Waals surface area contributed by atoms with Crippen LogP contribution < -0.4 is 5.32 Å². The lowest BCUT2D eigenvalue weighted by Crippen LogP contribution is -2.14. The molecule has 0 atom stereocenters. The number of hydrogen-bond donors (Lipinski definition) is 1. The van der Waals surface area contributed by atoms with E-state index in [0.717, 1.165) is 42.3 Å². The molecule has 1 aliphatic rings. The van der Waals surface area contributed by atoms with Gasteiger partial charge in [0.2, 0.25) is 5.91 Å². The van der Waals surface area contributed by atoms with Gasteiger partial charge in [0.05, 0.1) is 28.6 Å². The van der Waals surface area contributed by atoms with E-state index in [0.29, 0.717) is 21.2 Å². The molecule has 9 heteroatoms. The lowest BCUT2D eigenvalue weighted by molar-refractivity contribution is -0.113. The fraction of sp³-hybridized carbons (Fsp3) is 0.261. The molecule has 3 aromatic heterocycles. The molecular weight excluding hydrogens is 440 g/mol. The number of fused-ring (bicyclic) bond motifs is 2. The molecule has 1 aromatic carbocycles. The summed E-state index contributed by atoms with van der Waals surface area (Å²) in [5.74, 6) is 0.0425. The van der Waals surface area contributed by atoms with Crippen LogP contribution in [-0.2, 0) is 17.6 Å². The molecule has 0 unspecified atom stereocenters. The number of nitriles is 1. The number of nitrogens with one attached hydrogen (secondary N) is 1. The van der Waals surface area contributed by atoms with Crippen LogP contribution in [0.15, 0.2) is 47.9 Å². The fourth-order valence-corrected chi connectivity index (χ4v) is 5.96. The Morgan fingerprint density at radius 1 is 1.19 bits per heavy atom. The van der Waals surface area contributed by atoms with Crippen molar-refractivity contribution in [1.29, 1.82) is 5.26 Å². The molecule has 0 bridgehead atoms. The van der Waals surface area contributed by atoms with Gasteiger partial charge in [-0.15, -0.1) is 11.3 Å². The number of thioether (sulfide) groups is 1. The molecule has 160 valence electrons. The highest BCUT2D eigenvalue weighted by molar-refractivity contribution is 8.00. The van der Waals surface area contributed by atoms with Gasteiger partial charge < -0.3 is 5.32 Å². The van der Waals surface area contributed by atoms with Crippen molar-refractivity contribution in [3.63, 3.8) is 0 Å². The number of aromatic nitrogens is 4. The predicted molar refractivity (Wildman–Crippen MR) is 126 cm³/mol. The summed E-state index contributed by atoms with van der Waals surface area (Å²) in [6.07, 6.45) is 8.57. The minimum Gasteiger partial charge on any atom is -0.316 e. The predicted octanol–water partition coefficient (Wildman–Crippen LogP) is 4.75. The van der Waals surface area contributed by atoms with Crippen molar-refractivity contribution in [3.05, 3.63) is 58.9 Å².